The monoisotopic (exact) mass is 1600 g/mol. The van der Waals surface area contributed by atoms with Crippen LogP contribution in [-0.2, 0) is 41.0 Å². The third-order valence-electron chi connectivity index (χ3n) is 23.0. The first-order chi connectivity index (χ1) is 64.4. The molecule has 0 spiro atoms. The van der Waals surface area contributed by atoms with Gasteiger partial charge in [-0.05, 0) is 186 Å². The molecule has 121 heavy (non-hydrogen) atoms. The van der Waals surface area contributed by atoms with Gasteiger partial charge in [0.15, 0.2) is 24.8 Å². The summed E-state index contributed by atoms with van der Waals surface area (Å²) in [7, 11) is 8.04. The van der Waals surface area contributed by atoms with E-state index in [0.717, 1.165) is 205 Å². The van der Waals surface area contributed by atoms with E-state index in [0.29, 0.717) is 11.1 Å². The molecule has 3 atom stereocenters. The third kappa shape index (κ3) is 16.0. The summed E-state index contributed by atoms with van der Waals surface area (Å²) in [6, 6.07) is 92.6. The van der Waals surface area contributed by atoms with Crippen LogP contribution >= 0.6 is 0 Å². The van der Waals surface area contributed by atoms with E-state index in [9.17, 15) is 4.39 Å². The van der Waals surface area contributed by atoms with Crippen LogP contribution in [0.2, 0.25) is 0 Å². The second-order valence-corrected chi connectivity index (χ2v) is 31.8. The Hall–Kier alpha value is -13.6. The summed E-state index contributed by atoms with van der Waals surface area (Å²) in [4.78, 5) is 0. The SMILES string of the molecule is [2H]C([2H])([2H])C([2H])(C)Cc1cc(-c2cc[n+](C)c(-c3c(C)ccc4c3oc3ccccc34)c2)ccc1F.[2H]C([2H])([2H])C([2H])(C)Cc1cccc(-c2cc[n+](C)c(-c3c(C)ccc4c3oc3ccccc34)c2)c1.[2H]C([2H])([2H])C([2H])(C)c1ccc(-c2ccc(-c3c(C)ccc4c3oc3ccccc34)[n+](C)c2)cc1.[2H]C([2H])([2H])c1ccc(-c2ccc(-c3c(C)ccc4c3oc3ccccc34)[n+](C)c2)cc1. The van der Waals surface area contributed by atoms with Gasteiger partial charge in [-0.1, -0.05) is 247 Å². The molecule has 0 aliphatic rings. The molecule has 598 valence electrons. The zero-order chi connectivity index (χ0) is 96.8. The highest BCUT2D eigenvalue weighted by Gasteiger charge is 2.27. The van der Waals surface area contributed by atoms with E-state index < -0.39 is 50.9 Å². The van der Waals surface area contributed by atoms with Crippen molar-refractivity contribution < 1.29 is 60.9 Å². The van der Waals surface area contributed by atoms with Crippen LogP contribution in [0.3, 0.4) is 0 Å². The first-order valence-corrected chi connectivity index (χ1v) is 40.7. The summed E-state index contributed by atoms with van der Waals surface area (Å²) in [6.45, 7) is 3.23. The number of para-hydroxylation sites is 4. The molecule has 8 heterocycles. The Morgan fingerprint density at radius 1 is 0.322 bits per heavy atom. The zero-order valence-electron chi connectivity index (χ0n) is 84.7. The molecule has 0 fully saturated rings. The molecular weight excluding hydrogens is 1480 g/mol. The largest absolute Gasteiger partial charge is 0.455 e. The predicted octanol–water partition coefficient (Wildman–Crippen LogP) is 28.2. The van der Waals surface area contributed by atoms with Crippen molar-refractivity contribution in [3.63, 3.8) is 0 Å². The molecule has 3 unspecified atom stereocenters. The number of aromatic nitrogens is 4. The van der Waals surface area contributed by atoms with Crippen LogP contribution in [0, 0.1) is 52.2 Å². The van der Waals surface area contributed by atoms with Gasteiger partial charge in [0.05, 0.1) is 22.3 Å². The lowest BCUT2D eigenvalue weighted by molar-refractivity contribution is -0.660. The van der Waals surface area contributed by atoms with Crippen molar-refractivity contribution in [3.8, 4) is 89.5 Å². The molecule has 12 aromatic carbocycles. The molecular formula is C112H103FN4O4+4. The maximum atomic E-state index is 14.7. The number of aryl methyl sites for hydroxylation is 9. The standard InChI is InChI=1S/C29H27FNO.C29H28NO.C28H26NO.C26H22NO/c1-18(2)15-22-16-20(10-12-25(22)30)21-13-14-31(4)26(17-21)28-19(3)9-11-24-23-7-5-6-8-27(23)32-29(24)28;1-19(2)16-21-8-7-9-22(17-21)23-14-15-30(4)26(18-23)28-20(3)12-13-25-24-10-5-6-11-27(24)31-29(25)28;1-18(2)20-10-12-21(13-11-20)22-14-16-25(29(4)17-22)27-19(3)9-15-24-23-7-5-6-8-26(23)30-28(24)27;1-17-8-11-19(12-9-17)20-13-15-23(27(3)16-20)25-18(2)10-14-22-21-6-4-5-7-24(21)28-26(22)25/h5-14,16-18H,15H2,1-4H3;5-15,17-19H,16H2,1-4H3;5-18H,1-4H3;4-16H,1-3H3/q4*+1/i1D3,18D;1D3,19D;1D3,18D;1D3. The van der Waals surface area contributed by atoms with E-state index in [2.05, 4.69) is 163 Å². The molecule has 0 bridgehead atoms. The van der Waals surface area contributed by atoms with E-state index in [1.165, 1.54) is 26.8 Å². The predicted molar refractivity (Wildman–Crippen MR) is 498 cm³/mol. The molecule has 0 saturated heterocycles. The minimum atomic E-state index is -2.52. The van der Waals surface area contributed by atoms with Crippen molar-refractivity contribution in [1.29, 1.82) is 0 Å². The van der Waals surface area contributed by atoms with Crippen molar-refractivity contribution in [2.24, 2.45) is 40.0 Å². The Balaban J connectivity index is 0.000000126. The number of rotatable bonds is 13. The number of hydrogen-bond donors (Lipinski definition) is 0. The lowest BCUT2D eigenvalue weighted by atomic mass is 9.95. The van der Waals surface area contributed by atoms with Gasteiger partial charge >= 0.3 is 0 Å². The molecule has 0 saturated carbocycles. The molecule has 9 heteroatoms. The molecule has 20 aromatic rings. The van der Waals surface area contributed by atoms with Gasteiger partial charge < -0.3 is 17.7 Å². The summed E-state index contributed by atoms with van der Waals surface area (Å²) >= 11 is 0. The number of halogens is 1. The summed E-state index contributed by atoms with van der Waals surface area (Å²) in [5.41, 5.74) is 29.1. The van der Waals surface area contributed by atoms with E-state index in [-0.39, 0.29) is 18.4 Å². The first kappa shape index (κ1) is 63.5. The number of hydrogen-bond acceptors (Lipinski definition) is 4. The number of furan rings is 4. The Kier molecular flexibility index (Phi) is 17.6. The first-order valence-electron chi connectivity index (χ1n) is 48.2. The Morgan fingerprint density at radius 3 is 1.10 bits per heavy atom. The zero-order valence-corrected chi connectivity index (χ0v) is 69.7. The quantitative estimate of drug-likeness (QED) is 0.108. The summed E-state index contributed by atoms with van der Waals surface area (Å²) in [5, 5.41) is 8.73. The maximum absolute atomic E-state index is 14.7. The Morgan fingerprint density at radius 2 is 0.694 bits per heavy atom. The van der Waals surface area contributed by atoms with Gasteiger partial charge in [-0.2, -0.15) is 0 Å². The lowest BCUT2D eigenvalue weighted by Crippen LogP contribution is -2.31. The van der Waals surface area contributed by atoms with Gasteiger partial charge in [-0.25, -0.2) is 22.7 Å². The van der Waals surface area contributed by atoms with Gasteiger partial charge in [-0.15, -0.1) is 0 Å². The second kappa shape index (κ2) is 33.6. The van der Waals surface area contributed by atoms with Gasteiger partial charge in [-0.3, -0.25) is 0 Å². The van der Waals surface area contributed by atoms with Crippen LogP contribution < -0.4 is 18.3 Å². The minimum Gasteiger partial charge on any atom is -0.455 e. The third-order valence-corrected chi connectivity index (χ3v) is 23.0. The highest BCUT2D eigenvalue weighted by molar-refractivity contribution is 6.13. The van der Waals surface area contributed by atoms with Crippen molar-refractivity contribution in [3.05, 3.63) is 360 Å². The van der Waals surface area contributed by atoms with Crippen LogP contribution in [0.1, 0.15) is 112 Å². The molecule has 0 radical (unpaired) electrons. The van der Waals surface area contributed by atoms with Crippen LogP contribution in [0.4, 0.5) is 4.39 Å². The average Bonchev–Trinajstić information content (AvgIpc) is 1.59. The van der Waals surface area contributed by atoms with Gasteiger partial charge in [0.2, 0.25) is 22.8 Å². The number of pyridine rings is 4. The van der Waals surface area contributed by atoms with Gasteiger partial charge in [0.25, 0.3) is 0 Å². The summed E-state index contributed by atoms with van der Waals surface area (Å²) in [6.07, 6.45) is 8.06. The summed E-state index contributed by atoms with van der Waals surface area (Å²) < 4.78 is 165. The average molecular weight is 1600 g/mol. The highest BCUT2D eigenvalue weighted by atomic mass is 19.1. The minimum absolute atomic E-state index is 0.155. The molecule has 0 amide bonds. The van der Waals surface area contributed by atoms with Crippen LogP contribution in [0.25, 0.3) is 177 Å². The fraction of sp³-hybridized carbons (Fsp3) is 0.179. The normalized spacial score (nSPS) is 15.3. The number of benzene rings is 12. The molecule has 0 N–H and O–H groups in total. The van der Waals surface area contributed by atoms with Crippen molar-refractivity contribution in [2.75, 3.05) is 0 Å². The highest BCUT2D eigenvalue weighted by Crippen LogP contribution is 2.43. The molecule has 8 aromatic heterocycles. The lowest BCUT2D eigenvalue weighted by Gasteiger charge is -2.11. The van der Waals surface area contributed by atoms with E-state index in [1.54, 1.807) is 36.4 Å². The summed E-state index contributed by atoms with van der Waals surface area (Å²) in [5.74, 6) is -5.50. The van der Waals surface area contributed by atoms with Crippen molar-refractivity contribution in [2.45, 2.75) is 94.6 Å². The topological polar surface area (TPSA) is 68.1 Å². The fourth-order valence-corrected chi connectivity index (χ4v) is 16.8. The molecule has 8 nitrogen and oxygen atoms in total. The molecule has 20 rings (SSSR count). The van der Waals surface area contributed by atoms with Crippen molar-refractivity contribution in [1.82, 2.24) is 0 Å². The maximum Gasteiger partial charge on any atom is 0.216 e. The van der Waals surface area contributed by atoms with Gasteiger partial charge in [0.1, 0.15) is 78.7 Å². The molecule has 0 aliphatic carbocycles. The van der Waals surface area contributed by atoms with Crippen LogP contribution in [-0.4, -0.2) is 0 Å². The van der Waals surface area contributed by atoms with Crippen LogP contribution in [0.15, 0.2) is 328 Å². The molecule has 0 aliphatic heterocycles. The fourth-order valence-electron chi connectivity index (χ4n) is 16.8. The second-order valence-electron chi connectivity index (χ2n) is 31.8. The Labute approximate surface area is 729 Å². The smallest absolute Gasteiger partial charge is 0.216 e. The van der Waals surface area contributed by atoms with Crippen LogP contribution in [0.5, 0.6) is 0 Å². The van der Waals surface area contributed by atoms with E-state index in [1.807, 2.05) is 179 Å². The van der Waals surface area contributed by atoms with Crippen molar-refractivity contribution >= 4 is 87.8 Å². The van der Waals surface area contributed by atoms with E-state index in [4.69, 9.17) is 38.2 Å². The number of fused-ring (bicyclic) bond motifs is 12. The Bertz CT molecular complexity index is 8010. The van der Waals surface area contributed by atoms with E-state index >= 15 is 0 Å². The van der Waals surface area contributed by atoms with Gasteiger partial charge in [0, 0.05) is 111 Å². The number of nitrogens with zero attached hydrogens (tertiary/aromatic N) is 4.